The second-order valence-electron chi connectivity index (χ2n) is 10.6. The highest BCUT2D eigenvalue weighted by molar-refractivity contribution is 7.88. The molecule has 1 aliphatic heterocycles. The molecule has 1 fully saturated rings. The number of benzene rings is 1. The van der Waals surface area contributed by atoms with Crippen molar-refractivity contribution in [3.63, 3.8) is 0 Å². The van der Waals surface area contributed by atoms with Crippen LogP contribution < -0.4 is 5.32 Å². The highest BCUT2D eigenvalue weighted by Gasteiger charge is 2.47. The number of nitrogens with zero attached hydrogens (tertiary/aromatic N) is 3. The number of rotatable bonds is 6. The summed E-state index contributed by atoms with van der Waals surface area (Å²) in [7, 11) is -2.27. The summed E-state index contributed by atoms with van der Waals surface area (Å²) < 4.78 is 67.1. The average Bonchev–Trinajstić information content (AvgIpc) is 3.08. The third-order valence-corrected chi connectivity index (χ3v) is 9.03. The molecule has 2 aromatic rings. The zero-order chi connectivity index (χ0) is 27.2. The van der Waals surface area contributed by atoms with Gasteiger partial charge in [-0.3, -0.25) is 9.78 Å². The van der Waals surface area contributed by atoms with Gasteiger partial charge in [-0.25, -0.2) is 12.7 Å². The van der Waals surface area contributed by atoms with Gasteiger partial charge in [-0.1, -0.05) is 38.1 Å². The molecule has 37 heavy (non-hydrogen) atoms. The number of carbonyl (C=O) groups is 1. The largest absolute Gasteiger partial charge is 0.414 e. The normalized spacial score (nSPS) is 21.3. The number of halogens is 3. The van der Waals surface area contributed by atoms with Gasteiger partial charge in [0.15, 0.2) is 6.04 Å². The molecular formula is C26H33F3N4O3S. The van der Waals surface area contributed by atoms with Crippen LogP contribution in [0.2, 0.25) is 0 Å². The summed E-state index contributed by atoms with van der Waals surface area (Å²) in [5, 5.41) is 3.42. The maximum absolute atomic E-state index is 14.1. The van der Waals surface area contributed by atoms with Gasteiger partial charge in [0.1, 0.15) is 0 Å². The fraction of sp³-hybridized carbons (Fsp3) is 0.538. The average molecular weight is 539 g/mol. The standard InChI is InChI=1S/C26H33F3N4O3S/c1-25(2)20-8-6-5-7-18(20)15-22(25)31-19-9-10-21(30-16-19)23(26(27,28)29)32(3)24(34)17-11-13-33(14-12-17)37(4,35)36/h5-10,16-17,22-23,31H,11-15H2,1-4H3/t22-,23-/m0/s1. The van der Waals surface area contributed by atoms with Crippen LogP contribution in [0.1, 0.15) is 49.6 Å². The molecule has 1 aromatic heterocycles. The number of hydrogen-bond donors (Lipinski definition) is 1. The number of amides is 1. The van der Waals surface area contributed by atoms with E-state index in [0.717, 1.165) is 19.7 Å². The Hall–Kier alpha value is -2.66. The highest BCUT2D eigenvalue weighted by Crippen LogP contribution is 2.41. The molecule has 1 aromatic carbocycles. The van der Waals surface area contributed by atoms with Gasteiger partial charge < -0.3 is 10.2 Å². The molecular weight excluding hydrogens is 505 g/mol. The Balaban J connectivity index is 1.47. The molecule has 2 heterocycles. The van der Waals surface area contributed by atoms with E-state index in [0.29, 0.717) is 10.6 Å². The summed E-state index contributed by atoms with van der Waals surface area (Å²) in [4.78, 5) is 17.8. The SMILES string of the molecule is CN(C(=O)C1CCN(S(C)(=O)=O)CC1)[C@@H](c1ccc(N[C@H]2Cc3ccccc3C2(C)C)cn1)C(F)(F)F. The van der Waals surface area contributed by atoms with E-state index < -0.39 is 34.1 Å². The molecule has 1 saturated heterocycles. The minimum Gasteiger partial charge on any atom is -0.380 e. The van der Waals surface area contributed by atoms with E-state index in [1.54, 1.807) is 6.07 Å². The van der Waals surface area contributed by atoms with Crippen LogP contribution in [-0.4, -0.2) is 67.1 Å². The van der Waals surface area contributed by atoms with E-state index in [2.05, 4.69) is 36.3 Å². The number of carbonyl (C=O) groups excluding carboxylic acids is 1. The van der Waals surface area contributed by atoms with Crippen LogP contribution in [0.25, 0.3) is 0 Å². The summed E-state index contributed by atoms with van der Waals surface area (Å²) in [6, 6.07) is 8.93. The van der Waals surface area contributed by atoms with Crippen LogP contribution in [0.3, 0.4) is 0 Å². The van der Waals surface area contributed by atoms with Crippen molar-refractivity contribution in [3.05, 3.63) is 59.4 Å². The van der Waals surface area contributed by atoms with E-state index >= 15 is 0 Å². The Morgan fingerprint density at radius 3 is 2.35 bits per heavy atom. The lowest BCUT2D eigenvalue weighted by Crippen LogP contribution is -2.46. The first-order valence-electron chi connectivity index (χ1n) is 12.3. The van der Waals surface area contributed by atoms with Crippen molar-refractivity contribution in [2.45, 2.75) is 56.8 Å². The van der Waals surface area contributed by atoms with Crippen LogP contribution in [0.5, 0.6) is 0 Å². The molecule has 7 nitrogen and oxygen atoms in total. The van der Waals surface area contributed by atoms with Crippen molar-refractivity contribution >= 4 is 21.6 Å². The molecule has 2 aliphatic rings. The van der Waals surface area contributed by atoms with Gasteiger partial charge in [0.25, 0.3) is 0 Å². The van der Waals surface area contributed by atoms with Gasteiger partial charge in [0.05, 0.1) is 23.8 Å². The number of pyridine rings is 1. The maximum atomic E-state index is 14.1. The number of anilines is 1. The summed E-state index contributed by atoms with van der Waals surface area (Å²) in [5.74, 6) is -1.34. The summed E-state index contributed by atoms with van der Waals surface area (Å²) >= 11 is 0. The molecule has 202 valence electrons. The molecule has 1 N–H and O–H groups in total. The topological polar surface area (TPSA) is 82.6 Å². The van der Waals surface area contributed by atoms with Gasteiger partial charge in [-0.2, -0.15) is 13.2 Å². The smallest absolute Gasteiger partial charge is 0.380 e. The van der Waals surface area contributed by atoms with Crippen molar-refractivity contribution in [2.75, 3.05) is 31.7 Å². The third kappa shape index (κ3) is 5.62. The Labute approximate surface area is 216 Å². The van der Waals surface area contributed by atoms with Crippen molar-refractivity contribution in [3.8, 4) is 0 Å². The van der Waals surface area contributed by atoms with Gasteiger partial charge in [-0.05, 0) is 42.5 Å². The van der Waals surface area contributed by atoms with Crippen LogP contribution in [-0.2, 0) is 26.7 Å². The molecule has 0 bridgehead atoms. The number of hydrogen-bond acceptors (Lipinski definition) is 5. The predicted molar refractivity (Wildman–Crippen MR) is 136 cm³/mol. The molecule has 0 saturated carbocycles. The van der Waals surface area contributed by atoms with Crippen LogP contribution >= 0.6 is 0 Å². The number of nitrogens with one attached hydrogen (secondary N) is 1. The van der Waals surface area contributed by atoms with Gasteiger partial charge in [0, 0.05) is 37.5 Å². The Morgan fingerprint density at radius 1 is 1.16 bits per heavy atom. The van der Waals surface area contributed by atoms with Crippen molar-refractivity contribution in [2.24, 2.45) is 5.92 Å². The minimum atomic E-state index is -4.73. The van der Waals surface area contributed by atoms with E-state index in [-0.39, 0.29) is 43.1 Å². The number of fused-ring (bicyclic) bond motifs is 1. The van der Waals surface area contributed by atoms with E-state index in [1.165, 1.54) is 27.7 Å². The second kappa shape index (κ2) is 9.90. The molecule has 2 atom stereocenters. The predicted octanol–water partition coefficient (Wildman–Crippen LogP) is 4.13. The third-order valence-electron chi connectivity index (χ3n) is 7.73. The molecule has 1 amide bonds. The molecule has 0 spiro atoms. The maximum Gasteiger partial charge on any atom is 0.414 e. The lowest BCUT2D eigenvalue weighted by Gasteiger charge is -2.35. The Kier molecular flexibility index (Phi) is 7.33. The molecule has 0 unspecified atom stereocenters. The molecule has 11 heteroatoms. The minimum absolute atomic E-state index is 0.0537. The number of piperidine rings is 1. The van der Waals surface area contributed by atoms with Crippen LogP contribution in [0.15, 0.2) is 42.6 Å². The number of sulfonamides is 1. The monoisotopic (exact) mass is 538 g/mol. The van der Waals surface area contributed by atoms with Gasteiger partial charge >= 0.3 is 6.18 Å². The van der Waals surface area contributed by atoms with E-state index in [9.17, 15) is 26.4 Å². The van der Waals surface area contributed by atoms with Crippen molar-refractivity contribution < 1.29 is 26.4 Å². The first-order valence-corrected chi connectivity index (χ1v) is 14.1. The lowest BCUT2D eigenvalue weighted by atomic mass is 9.83. The fourth-order valence-corrected chi connectivity index (χ4v) is 6.38. The van der Waals surface area contributed by atoms with Crippen molar-refractivity contribution in [1.82, 2.24) is 14.2 Å². The highest BCUT2D eigenvalue weighted by atomic mass is 32.2. The van der Waals surface area contributed by atoms with E-state index in [4.69, 9.17) is 0 Å². The second-order valence-corrected chi connectivity index (χ2v) is 12.6. The Morgan fingerprint density at radius 2 is 1.81 bits per heavy atom. The van der Waals surface area contributed by atoms with E-state index in [1.807, 2.05) is 12.1 Å². The van der Waals surface area contributed by atoms with Gasteiger partial charge in [0.2, 0.25) is 15.9 Å². The fourth-order valence-electron chi connectivity index (χ4n) is 5.51. The lowest BCUT2D eigenvalue weighted by molar-refractivity contribution is -0.191. The van der Waals surface area contributed by atoms with Crippen LogP contribution in [0, 0.1) is 5.92 Å². The Bertz CT molecular complexity index is 1240. The van der Waals surface area contributed by atoms with Crippen molar-refractivity contribution in [1.29, 1.82) is 0 Å². The molecule has 1 aliphatic carbocycles. The summed E-state index contributed by atoms with van der Waals surface area (Å²) in [5.41, 5.74) is 2.67. The molecule has 0 radical (unpaired) electrons. The number of aromatic nitrogens is 1. The first-order chi connectivity index (χ1) is 17.2. The quantitative estimate of drug-likeness (QED) is 0.598. The zero-order valence-corrected chi connectivity index (χ0v) is 22.2. The molecule has 4 rings (SSSR count). The zero-order valence-electron chi connectivity index (χ0n) is 21.4. The first kappa shape index (κ1) is 27.4. The van der Waals surface area contributed by atoms with Gasteiger partial charge in [-0.15, -0.1) is 0 Å². The van der Waals surface area contributed by atoms with Crippen LogP contribution in [0.4, 0.5) is 18.9 Å². The summed E-state index contributed by atoms with van der Waals surface area (Å²) in [6.45, 7) is 4.50. The number of alkyl halides is 3. The summed E-state index contributed by atoms with van der Waals surface area (Å²) in [6.07, 6.45) is -1.11.